The van der Waals surface area contributed by atoms with Crippen molar-refractivity contribution in [2.75, 3.05) is 13.2 Å². The zero-order valence-corrected chi connectivity index (χ0v) is 21.5. The molecule has 2 aromatic carbocycles. The summed E-state index contributed by atoms with van der Waals surface area (Å²) in [6, 6.07) is 17.3. The van der Waals surface area contributed by atoms with Gasteiger partial charge in [0.2, 0.25) is 0 Å². The number of ether oxygens (including phenoxy) is 3. The first-order valence-electron chi connectivity index (χ1n) is 13.2. The monoisotopic (exact) mass is 468 g/mol. The number of carbonyl (C=O) groups is 1. The molecule has 2 rings (SSSR count). The van der Waals surface area contributed by atoms with Crippen LogP contribution >= 0.6 is 0 Å². The highest BCUT2D eigenvalue weighted by Gasteiger charge is 2.22. The summed E-state index contributed by atoms with van der Waals surface area (Å²) in [5.74, 6) is 2.19. The van der Waals surface area contributed by atoms with Crippen LogP contribution in [-0.2, 0) is 4.79 Å². The summed E-state index contributed by atoms with van der Waals surface area (Å²) in [5.41, 5.74) is 0. The average Bonchev–Trinajstić information content (AvgIpc) is 2.87. The van der Waals surface area contributed by atoms with Crippen LogP contribution in [0.1, 0.15) is 85.0 Å². The van der Waals surface area contributed by atoms with Crippen LogP contribution in [0.15, 0.2) is 54.6 Å². The van der Waals surface area contributed by atoms with Crippen molar-refractivity contribution in [1.82, 2.24) is 0 Å². The van der Waals surface area contributed by atoms with E-state index in [4.69, 9.17) is 14.2 Å². The minimum absolute atomic E-state index is 0.131. The molecule has 0 aliphatic carbocycles. The molecule has 0 aliphatic heterocycles. The van der Waals surface area contributed by atoms with Gasteiger partial charge in [0.1, 0.15) is 5.75 Å². The first kappa shape index (κ1) is 27.8. The van der Waals surface area contributed by atoms with E-state index < -0.39 is 0 Å². The average molecular weight is 469 g/mol. The summed E-state index contributed by atoms with van der Waals surface area (Å²) >= 11 is 0. The number of para-hydroxylation sites is 3. The Balaban J connectivity index is 1.91. The van der Waals surface area contributed by atoms with Gasteiger partial charge in [0.15, 0.2) is 11.5 Å². The molecule has 0 N–H and O–H groups in total. The maximum absolute atomic E-state index is 13.2. The van der Waals surface area contributed by atoms with Gasteiger partial charge < -0.3 is 14.2 Å². The normalized spacial score (nSPS) is 12.7. The standard InChI is InChI=1S/C30H44O4/c1-4-6-7-8-9-11-17-26(18-16-23-32-27-19-12-10-13-20-27)30(31)34-29-22-15-14-21-28(29)33-24-25(3)5-2/h10,12-15,19-22,25-26H,4-9,11,16-18,23-24H2,1-3H3. The van der Waals surface area contributed by atoms with Crippen LogP contribution in [0, 0.1) is 11.8 Å². The topological polar surface area (TPSA) is 44.8 Å². The van der Waals surface area contributed by atoms with Crippen LogP contribution in [0.5, 0.6) is 17.2 Å². The van der Waals surface area contributed by atoms with Gasteiger partial charge in [0, 0.05) is 0 Å². The molecule has 188 valence electrons. The maximum atomic E-state index is 13.2. The SMILES string of the molecule is CCCCCCCCC(CCCOc1ccccc1)C(=O)Oc1ccccc1OCC(C)CC. The Morgan fingerprint density at radius 1 is 0.765 bits per heavy atom. The first-order valence-corrected chi connectivity index (χ1v) is 13.2. The Hall–Kier alpha value is -2.49. The number of hydrogen-bond donors (Lipinski definition) is 0. The van der Waals surface area contributed by atoms with Crippen molar-refractivity contribution in [3.63, 3.8) is 0 Å². The van der Waals surface area contributed by atoms with E-state index >= 15 is 0 Å². The number of unbranched alkanes of at least 4 members (excludes halogenated alkanes) is 5. The Morgan fingerprint density at radius 2 is 1.41 bits per heavy atom. The lowest BCUT2D eigenvalue weighted by Gasteiger charge is -2.18. The fourth-order valence-electron chi connectivity index (χ4n) is 3.78. The number of benzene rings is 2. The van der Waals surface area contributed by atoms with Gasteiger partial charge in [0.05, 0.1) is 19.1 Å². The minimum atomic E-state index is -0.159. The van der Waals surface area contributed by atoms with Gasteiger partial charge in [-0.2, -0.15) is 0 Å². The summed E-state index contributed by atoms with van der Waals surface area (Å²) in [6.07, 6.45) is 10.7. The Labute approximate surface area is 207 Å². The zero-order valence-electron chi connectivity index (χ0n) is 21.5. The predicted molar refractivity (Wildman–Crippen MR) is 140 cm³/mol. The lowest BCUT2D eigenvalue weighted by atomic mass is 9.96. The van der Waals surface area contributed by atoms with Crippen LogP contribution in [-0.4, -0.2) is 19.2 Å². The minimum Gasteiger partial charge on any atom is -0.494 e. The molecule has 34 heavy (non-hydrogen) atoms. The summed E-state index contributed by atoms with van der Waals surface area (Å²) in [4.78, 5) is 13.2. The Morgan fingerprint density at radius 3 is 2.15 bits per heavy atom. The Kier molecular flexibility index (Phi) is 13.9. The molecule has 2 unspecified atom stereocenters. The van der Waals surface area contributed by atoms with E-state index in [1.165, 1.54) is 32.1 Å². The molecule has 0 fully saturated rings. The largest absolute Gasteiger partial charge is 0.494 e. The molecule has 2 aromatic rings. The van der Waals surface area contributed by atoms with Crippen LogP contribution in [0.25, 0.3) is 0 Å². The number of esters is 1. The molecule has 0 saturated heterocycles. The zero-order chi connectivity index (χ0) is 24.4. The lowest BCUT2D eigenvalue weighted by Crippen LogP contribution is -2.22. The summed E-state index contributed by atoms with van der Waals surface area (Å²) in [5, 5.41) is 0. The van der Waals surface area contributed by atoms with E-state index in [-0.39, 0.29) is 11.9 Å². The smallest absolute Gasteiger partial charge is 0.314 e. The predicted octanol–water partition coefficient (Wildman–Crippen LogP) is 8.24. The van der Waals surface area contributed by atoms with E-state index in [1.54, 1.807) is 0 Å². The van der Waals surface area contributed by atoms with E-state index in [0.29, 0.717) is 30.6 Å². The van der Waals surface area contributed by atoms with Crippen molar-refractivity contribution in [3.8, 4) is 17.2 Å². The van der Waals surface area contributed by atoms with Crippen molar-refractivity contribution in [1.29, 1.82) is 0 Å². The van der Waals surface area contributed by atoms with Crippen LogP contribution in [0.3, 0.4) is 0 Å². The number of carbonyl (C=O) groups excluding carboxylic acids is 1. The number of rotatable bonds is 18. The molecule has 0 amide bonds. The molecule has 0 bridgehead atoms. The summed E-state index contributed by atoms with van der Waals surface area (Å²) in [6.45, 7) is 7.74. The van der Waals surface area contributed by atoms with Crippen LogP contribution < -0.4 is 14.2 Å². The van der Waals surface area contributed by atoms with Gasteiger partial charge in [-0.3, -0.25) is 4.79 Å². The van der Waals surface area contributed by atoms with Gasteiger partial charge in [-0.25, -0.2) is 0 Å². The quantitative estimate of drug-likeness (QED) is 0.125. The maximum Gasteiger partial charge on any atom is 0.314 e. The third-order valence-electron chi connectivity index (χ3n) is 6.23. The molecular weight excluding hydrogens is 424 g/mol. The summed E-state index contributed by atoms with van der Waals surface area (Å²) in [7, 11) is 0. The summed E-state index contributed by atoms with van der Waals surface area (Å²) < 4.78 is 17.7. The van der Waals surface area contributed by atoms with Gasteiger partial charge in [-0.05, 0) is 49.4 Å². The van der Waals surface area contributed by atoms with E-state index in [2.05, 4.69) is 20.8 Å². The second kappa shape index (κ2) is 17.0. The van der Waals surface area contributed by atoms with Gasteiger partial charge in [0.25, 0.3) is 0 Å². The third-order valence-corrected chi connectivity index (χ3v) is 6.23. The van der Waals surface area contributed by atoms with Crippen molar-refractivity contribution >= 4 is 5.97 Å². The van der Waals surface area contributed by atoms with Crippen molar-refractivity contribution < 1.29 is 19.0 Å². The molecular formula is C30H44O4. The van der Waals surface area contributed by atoms with Crippen molar-refractivity contribution in [2.45, 2.75) is 85.0 Å². The second-order valence-corrected chi connectivity index (χ2v) is 9.25. The highest BCUT2D eigenvalue weighted by molar-refractivity contribution is 5.75. The highest BCUT2D eigenvalue weighted by Crippen LogP contribution is 2.29. The van der Waals surface area contributed by atoms with E-state index in [1.807, 2.05) is 54.6 Å². The van der Waals surface area contributed by atoms with Crippen molar-refractivity contribution in [2.24, 2.45) is 11.8 Å². The second-order valence-electron chi connectivity index (χ2n) is 9.25. The van der Waals surface area contributed by atoms with Gasteiger partial charge in [-0.1, -0.05) is 96.0 Å². The molecule has 0 radical (unpaired) electrons. The van der Waals surface area contributed by atoms with Crippen molar-refractivity contribution in [3.05, 3.63) is 54.6 Å². The molecule has 0 heterocycles. The lowest BCUT2D eigenvalue weighted by molar-refractivity contribution is -0.139. The molecule has 0 spiro atoms. The van der Waals surface area contributed by atoms with E-state index in [0.717, 1.165) is 37.9 Å². The first-order chi connectivity index (χ1) is 16.6. The van der Waals surface area contributed by atoms with Crippen LogP contribution in [0.2, 0.25) is 0 Å². The van der Waals surface area contributed by atoms with Gasteiger partial charge >= 0.3 is 5.97 Å². The third kappa shape index (κ3) is 11.1. The molecule has 0 aliphatic rings. The van der Waals surface area contributed by atoms with Gasteiger partial charge in [-0.15, -0.1) is 0 Å². The molecule has 0 saturated carbocycles. The molecule has 4 nitrogen and oxygen atoms in total. The molecule has 0 aromatic heterocycles. The molecule has 4 heteroatoms. The Bertz CT molecular complexity index is 789. The highest BCUT2D eigenvalue weighted by atomic mass is 16.6. The molecule has 2 atom stereocenters. The fraction of sp³-hybridized carbons (Fsp3) is 0.567. The fourth-order valence-corrected chi connectivity index (χ4v) is 3.78. The number of hydrogen-bond acceptors (Lipinski definition) is 4. The van der Waals surface area contributed by atoms with Crippen LogP contribution in [0.4, 0.5) is 0 Å². The van der Waals surface area contributed by atoms with E-state index in [9.17, 15) is 4.79 Å².